The summed E-state index contributed by atoms with van der Waals surface area (Å²) in [5, 5.41) is 4.30. The number of rotatable bonds is 2. The molecule has 0 amide bonds. The third-order valence-electron chi connectivity index (χ3n) is 2.71. The van der Waals surface area contributed by atoms with E-state index in [9.17, 15) is 4.79 Å². The maximum atomic E-state index is 11.8. The number of ketones is 1. The molecular formula is C13H20N2O. The van der Waals surface area contributed by atoms with E-state index in [-0.39, 0.29) is 11.2 Å². The van der Waals surface area contributed by atoms with E-state index in [4.69, 9.17) is 0 Å². The van der Waals surface area contributed by atoms with Gasteiger partial charge in [-0.3, -0.25) is 9.48 Å². The summed E-state index contributed by atoms with van der Waals surface area (Å²) in [6, 6.07) is 0. The van der Waals surface area contributed by atoms with E-state index in [1.165, 1.54) is 0 Å². The average molecular weight is 220 g/mol. The van der Waals surface area contributed by atoms with Gasteiger partial charge in [-0.25, -0.2) is 0 Å². The Balaban J connectivity index is 2.97. The summed E-state index contributed by atoms with van der Waals surface area (Å²) in [7, 11) is 1.91. The Morgan fingerprint density at radius 3 is 2.25 bits per heavy atom. The van der Waals surface area contributed by atoms with Gasteiger partial charge in [-0.15, -0.1) is 0 Å². The SMILES string of the molecule is Cc1nn(C)c(C)c1/C=C/C(=O)C(C)(C)C. The van der Waals surface area contributed by atoms with Gasteiger partial charge in [0.2, 0.25) is 0 Å². The van der Waals surface area contributed by atoms with Crippen molar-refractivity contribution in [3.63, 3.8) is 0 Å². The predicted molar refractivity (Wildman–Crippen MR) is 66.2 cm³/mol. The lowest BCUT2D eigenvalue weighted by Gasteiger charge is -2.12. The van der Waals surface area contributed by atoms with Gasteiger partial charge in [0, 0.05) is 23.7 Å². The maximum absolute atomic E-state index is 11.8. The lowest BCUT2D eigenvalue weighted by molar-refractivity contribution is -0.121. The Bertz CT molecular complexity index is 434. The molecule has 0 atom stereocenters. The summed E-state index contributed by atoms with van der Waals surface area (Å²) in [5.74, 6) is 0.134. The first-order valence-corrected chi connectivity index (χ1v) is 5.46. The standard InChI is InChI=1S/C13H20N2O/c1-9-11(10(2)15(6)14-9)7-8-12(16)13(3,4)5/h7-8H,1-6H3/b8-7+. The number of hydrogen-bond acceptors (Lipinski definition) is 2. The van der Waals surface area contributed by atoms with Crippen molar-refractivity contribution in [1.29, 1.82) is 0 Å². The quantitative estimate of drug-likeness (QED) is 0.718. The topological polar surface area (TPSA) is 34.9 Å². The van der Waals surface area contributed by atoms with E-state index >= 15 is 0 Å². The second kappa shape index (κ2) is 4.24. The molecule has 1 aromatic rings. The molecule has 0 aromatic carbocycles. The molecule has 1 rings (SSSR count). The molecule has 1 aromatic heterocycles. The molecule has 0 saturated heterocycles. The summed E-state index contributed by atoms with van der Waals surface area (Å²) in [6.45, 7) is 9.71. The molecule has 0 unspecified atom stereocenters. The summed E-state index contributed by atoms with van der Waals surface area (Å²) < 4.78 is 1.83. The summed E-state index contributed by atoms with van der Waals surface area (Å²) in [4.78, 5) is 11.8. The molecule has 0 aliphatic carbocycles. The molecule has 0 bridgehead atoms. The van der Waals surface area contributed by atoms with Crippen molar-refractivity contribution in [3.05, 3.63) is 23.0 Å². The number of hydrogen-bond donors (Lipinski definition) is 0. The molecule has 0 aliphatic heterocycles. The van der Waals surface area contributed by atoms with Crippen LogP contribution in [0.5, 0.6) is 0 Å². The van der Waals surface area contributed by atoms with Crippen LogP contribution in [0.4, 0.5) is 0 Å². The molecular weight excluding hydrogens is 200 g/mol. The minimum Gasteiger partial charge on any atom is -0.294 e. The van der Waals surface area contributed by atoms with Gasteiger partial charge in [0.1, 0.15) is 0 Å². The summed E-state index contributed by atoms with van der Waals surface area (Å²) in [5.41, 5.74) is 2.76. The average Bonchev–Trinajstić information content (AvgIpc) is 2.37. The van der Waals surface area contributed by atoms with Crippen molar-refractivity contribution >= 4 is 11.9 Å². The Labute approximate surface area is 97.2 Å². The Kier molecular flexibility index (Phi) is 3.36. The van der Waals surface area contributed by atoms with Gasteiger partial charge in [0.05, 0.1) is 5.69 Å². The second-order valence-corrected chi connectivity index (χ2v) is 5.16. The molecule has 0 radical (unpaired) electrons. The van der Waals surface area contributed by atoms with Crippen LogP contribution in [0, 0.1) is 19.3 Å². The maximum Gasteiger partial charge on any atom is 0.161 e. The van der Waals surface area contributed by atoms with Gasteiger partial charge < -0.3 is 0 Å². The number of nitrogens with zero attached hydrogens (tertiary/aromatic N) is 2. The highest BCUT2D eigenvalue weighted by molar-refractivity contribution is 5.97. The Morgan fingerprint density at radius 2 is 1.88 bits per heavy atom. The van der Waals surface area contributed by atoms with E-state index in [0.29, 0.717) is 0 Å². The predicted octanol–water partition coefficient (Wildman–Crippen LogP) is 2.67. The normalized spacial score (nSPS) is 12.4. The van der Waals surface area contributed by atoms with Gasteiger partial charge >= 0.3 is 0 Å². The van der Waals surface area contributed by atoms with Crippen LogP contribution >= 0.6 is 0 Å². The zero-order valence-corrected chi connectivity index (χ0v) is 11.0. The molecule has 3 heteroatoms. The lowest BCUT2D eigenvalue weighted by Crippen LogP contribution is -2.17. The van der Waals surface area contributed by atoms with E-state index in [1.807, 2.05) is 52.4 Å². The molecule has 0 N–H and O–H groups in total. The molecule has 88 valence electrons. The fourth-order valence-electron chi connectivity index (χ4n) is 1.44. The van der Waals surface area contributed by atoms with Crippen molar-refractivity contribution in [2.75, 3.05) is 0 Å². The number of aryl methyl sites for hydroxylation is 2. The molecule has 3 nitrogen and oxygen atoms in total. The summed E-state index contributed by atoms with van der Waals surface area (Å²) in [6.07, 6.45) is 3.52. The van der Waals surface area contributed by atoms with E-state index in [1.54, 1.807) is 6.08 Å². The minimum absolute atomic E-state index is 0.134. The van der Waals surface area contributed by atoms with Crippen LogP contribution in [0.15, 0.2) is 6.08 Å². The molecule has 0 saturated carbocycles. The van der Waals surface area contributed by atoms with Crippen LogP contribution in [-0.2, 0) is 11.8 Å². The molecule has 1 heterocycles. The monoisotopic (exact) mass is 220 g/mol. The van der Waals surface area contributed by atoms with Crippen LogP contribution in [-0.4, -0.2) is 15.6 Å². The van der Waals surface area contributed by atoms with Gasteiger partial charge in [-0.1, -0.05) is 20.8 Å². The highest BCUT2D eigenvalue weighted by Crippen LogP contribution is 2.18. The van der Waals surface area contributed by atoms with Crippen LogP contribution in [0.1, 0.15) is 37.7 Å². The first-order chi connectivity index (χ1) is 7.23. The third kappa shape index (κ3) is 2.60. The summed E-state index contributed by atoms with van der Waals surface area (Å²) >= 11 is 0. The fourth-order valence-corrected chi connectivity index (χ4v) is 1.44. The number of carbonyl (C=O) groups is 1. The smallest absolute Gasteiger partial charge is 0.161 e. The van der Waals surface area contributed by atoms with Crippen molar-refractivity contribution in [3.8, 4) is 0 Å². The second-order valence-electron chi connectivity index (χ2n) is 5.16. The largest absolute Gasteiger partial charge is 0.294 e. The highest BCUT2D eigenvalue weighted by atomic mass is 16.1. The van der Waals surface area contributed by atoms with Crippen LogP contribution in [0.2, 0.25) is 0 Å². The van der Waals surface area contributed by atoms with Crippen molar-refractivity contribution in [1.82, 2.24) is 9.78 Å². The minimum atomic E-state index is -0.319. The first kappa shape index (κ1) is 12.7. The Morgan fingerprint density at radius 1 is 1.31 bits per heavy atom. The Hall–Kier alpha value is -1.38. The van der Waals surface area contributed by atoms with Crippen LogP contribution in [0.3, 0.4) is 0 Å². The van der Waals surface area contributed by atoms with Crippen LogP contribution in [0.25, 0.3) is 6.08 Å². The molecule has 0 spiro atoms. The van der Waals surface area contributed by atoms with Crippen LogP contribution < -0.4 is 0 Å². The van der Waals surface area contributed by atoms with E-state index in [2.05, 4.69) is 5.10 Å². The van der Waals surface area contributed by atoms with Gasteiger partial charge in [-0.2, -0.15) is 5.10 Å². The number of allylic oxidation sites excluding steroid dienone is 1. The highest BCUT2D eigenvalue weighted by Gasteiger charge is 2.18. The van der Waals surface area contributed by atoms with E-state index < -0.39 is 0 Å². The number of aromatic nitrogens is 2. The fraction of sp³-hybridized carbons (Fsp3) is 0.538. The number of carbonyl (C=O) groups excluding carboxylic acids is 1. The van der Waals surface area contributed by atoms with Gasteiger partial charge in [0.25, 0.3) is 0 Å². The van der Waals surface area contributed by atoms with Crippen molar-refractivity contribution in [2.24, 2.45) is 12.5 Å². The van der Waals surface area contributed by atoms with Gasteiger partial charge in [-0.05, 0) is 26.0 Å². The zero-order chi connectivity index (χ0) is 12.5. The van der Waals surface area contributed by atoms with Gasteiger partial charge in [0.15, 0.2) is 5.78 Å². The third-order valence-corrected chi connectivity index (χ3v) is 2.71. The molecule has 16 heavy (non-hydrogen) atoms. The molecule has 0 aliphatic rings. The van der Waals surface area contributed by atoms with Crippen molar-refractivity contribution in [2.45, 2.75) is 34.6 Å². The zero-order valence-electron chi connectivity index (χ0n) is 11.0. The lowest BCUT2D eigenvalue weighted by atomic mass is 9.90. The van der Waals surface area contributed by atoms with E-state index in [0.717, 1.165) is 17.0 Å². The van der Waals surface area contributed by atoms with Crippen molar-refractivity contribution < 1.29 is 4.79 Å². The first-order valence-electron chi connectivity index (χ1n) is 5.46. The molecule has 0 fully saturated rings.